The second kappa shape index (κ2) is 7.26. The highest BCUT2D eigenvalue weighted by Crippen LogP contribution is 2.39. The number of benzene rings is 1. The van der Waals surface area contributed by atoms with E-state index >= 15 is 0 Å². The molecule has 0 bridgehead atoms. The molecule has 150 valence electrons. The lowest BCUT2D eigenvalue weighted by atomic mass is 9.74. The summed E-state index contributed by atoms with van der Waals surface area (Å²) in [5.74, 6) is -0.524. The first-order chi connectivity index (χ1) is 13.6. The minimum absolute atomic E-state index is 0.0429. The number of allylic oxidation sites excluding steroid dienone is 4. The van der Waals surface area contributed by atoms with Crippen molar-refractivity contribution >= 4 is 22.8 Å². The highest BCUT2D eigenvalue weighted by Gasteiger charge is 2.40. The first-order valence-electron chi connectivity index (χ1n) is 9.38. The summed E-state index contributed by atoms with van der Waals surface area (Å²) in [6, 6.07) is 1.33. The molecule has 0 radical (unpaired) electrons. The average Bonchev–Trinajstić information content (AvgIpc) is 2.62. The van der Waals surface area contributed by atoms with Crippen LogP contribution < -0.4 is 5.43 Å². The van der Waals surface area contributed by atoms with E-state index in [9.17, 15) is 19.8 Å². The number of rotatable bonds is 3. The first-order valence-corrected chi connectivity index (χ1v) is 9.38. The van der Waals surface area contributed by atoms with Gasteiger partial charge in [-0.1, -0.05) is 11.6 Å². The zero-order valence-electron chi connectivity index (χ0n) is 17.2. The van der Waals surface area contributed by atoms with Crippen LogP contribution in [0.15, 0.2) is 50.4 Å². The van der Waals surface area contributed by atoms with Gasteiger partial charge in [-0.15, -0.1) is 5.73 Å². The second-order valence-electron chi connectivity index (χ2n) is 7.94. The van der Waals surface area contributed by atoms with Crippen molar-refractivity contribution in [3.63, 3.8) is 0 Å². The molecule has 1 aromatic carbocycles. The molecule has 1 aromatic heterocycles. The normalized spacial score (nSPS) is 17.6. The third-order valence-corrected chi connectivity index (χ3v) is 5.05. The van der Waals surface area contributed by atoms with Gasteiger partial charge in [-0.3, -0.25) is 9.59 Å². The summed E-state index contributed by atoms with van der Waals surface area (Å²) >= 11 is 0. The van der Waals surface area contributed by atoms with Crippen LogP contribution in [0.3, 0.4) is 0 Å². The van der Waals surface area contributed by atoms with Gasteiger partial charge in [0, 0.05) is 11.6 Å². The lowest BCUT2D eigenvalue weighted by Gasteiger charge is -2.26. The van der Waals surface area contributed by atoms with E-state index in [4.69, 9.17) is 4.42 Å². The molecule has 3 rings (SSSR count). The van der Waals surface area contributed by atoms with Gasteiger partial charge in [0.2, 0.25) is 5.43 Å². The summed E-state index contributed by atoms with van der Waals surface area (Å²) in [4.78, 5) is 26.1. The molecule has 0 saturated carbocycles. The fraction of sp³-hybridized carbons (Fsp3) is 0.292. The summed E-state index contributed by atoms with van der Waals surface area (Å²) in [5.41, 5.74) is 3.59. The largest absolute Gasteiger partial charge is 0.507 e. The van der Waals surface area contributed by atoms with Gasteiger partial charge < -0.3 is 14.6 Å². The van der Waals surface area contributed by atoms with E-state index in [1.807, 2.05) is 33.8 Å². The van der Waals surface area contributed by atoms with Crippen molar-refractivity contribution in [2.24, 2.45) is 0 Å². The molecule has 29 heavy (non-hydrogen) atoms. The SMILES string of the molecule is CC(C)=C=CC1(C)C(=O)C=Cc2oc3cc(O)c(CC=C(C)C)c(O)c3c(=O)c21. The summed E-state index contributed by atoms with van der Waals surface area (Å²) in [6.45, 7) is 9.13. The van der Waals surface area contributed by atoms with Crippen LogP contribution in [0.2, 0.25) is 0 Å². The summed E-state index contributed by atoms with van der Waals surface area (Å²) in [6.07, 6.45) is 6.48. The molecule has 1 atom stereocenters. The summed E-state index contributed by atoms with van der Waals surface area (Å²) < 4.78 is 5.83. The van der Waals surface area contributed by atoms with Crippen molar-refractivity contribution in [1.29, 1.82) is 0 Å². The Labute approximate surface area is 169 Å². The lowest BCUT2D eigenvalue weighted by molar-refractivity contribution is -0.118. The Balaban J connectivity index is 2.41. The molecule has 1 heterocycles. The third-order valence-electron chi connectivity index (χ3n) is 5.05. The van der Waals surface area contributed by atoms with Gasteiger partial charge in [0.1, 0.15) is 28.2 Å². The van der Waals surface area contributed by atoms with Crippen molar-refractivity contribution in [3.05, 3.63) is 68.3 Å². The van der Waals surface area contributed by atoms with E-state index in [2.05, 4.69) is 5.73 Å². The monoisotopic (exact) mass is 392 g/mol. The van der Waals surface area contributed by atoms with E-state index < -0.39 is 10.8 Å². The zero-order chi connectivity index (χ0) is 21.5. The molecule has 2 aromatic rings. The number of ketones is 1. The number of carbonyl (C=O) groups excluding carboxylic acids is 1. The van der Waals surface area contributed by atoms with Gasteiger partial charge in [-0.25, -0.2) is 0 Å². The number of carbonyl (C=O) groups is 1. The molecular weight excluding hydrogens is 368 g/mol. The van der Waals surface area contributed by atoms with E-state index in [0.29, 0.717) is 0 Å². The van der Waals surface area contributed by atoms with Crippen LogP contribution in [0, 0.1) is 0 Å². The van der Waals surface area contributed by atoms with Gasteiger partial charge in [-0.05, 0) is 64.8 Å². The Morgan fingerprint density at radius 1 is 1.17 bits per heavy atom. The smallest absolute Gasteiger partial charge is 0.201 e. The second-order valence-corrected chi connectivity index (χ2v) is 7.94. The Kier molecular flexibility index (Phi) is 5.12. The molecule has 0 amide bonds. The minimum Gasteiger partial charge on any atom is -0.507 e. The number of aromatic hydroxyl groups is 2. The molecule has 1 unspecified atom stereocenters. The predicted molar refractivity (Wildman–Crippen MR) is 113 cm³/mol. The van der Waals surface area contributed by atoms with E-state index in [1.54, 1.807) is 13.0 Å². The Bertz CT molecular complexity index is 1210. The molecule has 0 fully saturated rings. The van der Waals surface area contributed by atoms with Gasteiger partial charge in [0.15, 0.2) is 5.78 Å². The van der Waals surface area contributed by atoms with Crippen molar-refractivity contribution in [1.82, 2.24) is 0 Å². The fourth-order valence-corrected chi connectivity index (χ4v) is 3.37. The van der Waals surface area contributed by atoms with Crippen LogP contribution >= 0.6 is 0 Å². The molecule has 0 saturated heterocycles. The average molecular weight is 392 g/mol. The minimum atomic E-state index is -1.26. The molecule has 5 heteroatoms. The molecule has 0 spiro atoms. The number of hydrogen-bond donors (Lipinski definition) is 2. The topological polar surface area (TPSA) is 87.7 Å². The Morgan fingerprint density at radius 2 is 1.86 bits per heavy atom. The zero-order valence-corrected chi connectivity index (χ0v) is 17.2. The third kappa shape index (κ3) is 3.45. The maximum atomic E-state index is 13.4. The van der Waals surface area contributed by atoms with Crippen molar-refractivity contribution in [3.8, 4) is 11.5 Å². The number of phenols is 2. The van der Waals surface area contributed by atoms with Crippen molar-refractivity contribution in [2.75, 3.05) is 0 Å². The van der Waals surface area contributed by atoms with Gasteiger partial charge in [0.05, 0.1) is 11.0 Å². The van der Waals surface area contributed by atoms with Gasteiger partial charge >= 0.3 is 0 Å². The predicted octanol–water partition coefficient (Wildman–Crippen LogP) is 4.69. The summed E-state index contributed by atoms with van der Waals surface area (Å²) in [7, 11) is 0. The highest BCUT2D eigenvalue weighted by atomic mass is 16.3. The molecule has 5 nitrogen and oxygen atoms in total. The van der Waals surface area contributed by atoms with Crippen LogP contribution in [-0.4, -0.2) is 16.0 Å². The highest BCUT2D eigenvalue weighted by molar-refractivity contribution is 6.06. The van der Waals surface area contributed by atoms with E-state index in [0.717, 1.165) is 11.1 Å². The molecule has 0 aliphatic heterocycles. The number of phenolic OH excluding ortho intramolecular Hbond substituents is 2. The standard InChI is InChI=1S/C24H24O5/c1-13(2)6-7-15-16(25)12-18-20(22(15)27)23(28)21-17(29-18)8-9-19(26)24(21,5)11-10-14(3)4/h6,8-9,11-12,25,27H,7H2,1-5H3. The molecule has 2 N–H and O–H groups in total. The van der Waals surface area contributed by atoms with Crippen molar-refractivity contribution < 1.29 is 19.4 Å². The molecule has 1 aliphatic carbocycles. The first kappa shape index (κ1) is 20.4. The lowest BCUT2D eigenvalue weighted by Crippen LogP contribution is -2.37. The van der Waals surface area contributed by atoms with E-state index in [-0.39, 0.29) is 51.6 Å². The van der Waals surface area contributed by atoms with Crippen LogP contribution in [0.25, 0.3) is 17.0 Å². The Morgan fingerprint density at radius 3 is 2.48 bits per heavy atom. The maximum Gasteiger partial charge on any atom is 0.201 e. The molecular formula is C24H24O5. The maximum absolute atomic E-state index is 13.4. The van der Waals surface area contributed by atoms with Gasteiger partial charge in [-0.2, -0.15) is 0 Å². The van der Waals surface area contributed by atoms with E-state index in [1.165, 1.54) is 18.2 Å². The molecule has 1 aliphatic rings. The van der Waals surface area contributed by atoms with Crippen molar-refractivity contribution in [2.45, 2.75) is 46.5 Å². The van der Waals surface area contributed by atoms with Gasteiger partial charge in [0.25, 0.3) is 0 Å². The summed E-state index contributed by atoms with van der Waals surface area (Å²) in [5, 5.41) is 21.1. The fourth-order valence-electron chi connectivity index (χ4n) is 3.37. The van der Waals surface area contributed by atoms with Crippen LogP contribution in [0.4, 0.5) is 0 Å². The van der Waals surface area contributed by atoms with Crippen LogP contribution in [-0.2, 0) is 16.6 Å². The van der Waals surface area contributed by atoms with Crippen LogP contribution in [0.1, 0.15) is 51.5 Å². The number of hydrogen-bond acceptors (Lipinski definition) is 5. The quantitative estimate of drug-likeness (QED) is 0.584. The number of fused-ring (bicyclic) bond motifs is 2. The van der Waals surface area contributed by atoms with Crippen LogP contribution in [0.5, 0.6) is 11.5 Å². The Hall–Kier alpha value is -3.30.